The van der Waals surface area contributed by atoms with E-state index in [1.165, 1.54) is 6.26 Å². The Balaban J connectivity index is 2.31. The molecule has 0 unspecified atom stereocenters. The topological polar surface area (TPSA) is 78.4 Å². The van der Waals surface area contributed by atoms with Gasteiger partial charge in [0.1, 0.15) is 17.7 Å². The van der Waals surface area contributed by atoms with Gasteiger partial charge in [-0.2, -0.15) is 0 Å². The number of nitrogens with two attached hydrogens (primary N) is 1. The van der Waals surface area contributed by atoms with E-state index in [-0.39, 0.29) is 5.89 Å². The Morgan fingerprint density at radius 3 is 2.56 bits per heavy atom. The van der Waals surface area contributed by atoms with Gasteiger partial charge in [0.25, 0.3) is 5.89 Å². The number of rotatable bonds is 3. The van der Waals surface area contributed by atoms with Crippen molar-refractivity contribution >= 4 is 5.91 Å². The summed E-state index contributed by atoms with van der Waals surface area (Å²) < 4.78 is 9.95. The molecule has 82 valence electrons. The molecule has 2 rings (SSSR count). The molecule has 0 fully saturated rings. The summed E-state index contributed by atoms with van der Waals surface area (Å²) in [6.45, 7) is 0. The second kappa shape index (κ2) is 4.06. The smallest absolute Gasteiger partial charge is 0.304 e. The predicted molar refractivity (Wildman–Crippen MR) is 57.0 cm³/mol. The lowest BCUT2D eigenvalue weighted by Gasteiger charge is -1.99. The van der Waals surface area contributed by atoms with Crippen LogP contribution in [-0.4, -0.2) is 18.0 Å². The van der Waals surface area contributed by atoms with Crippen LogP contribution in [0.2, 0.25) is 0 Å². The molecular formula is C11H10N2O3. The molecule has 2 N–H and O–H groups in total. The molecule has 5 heteroatoms. The quantitative estimate of drug-likeness (QED) is 0.845. The van der Waals surface area contributed by atoms with E-state index >= 15 is 0 Å². The monoisotopic (exact) mass is 218 g/mol. The van der Waals surface area contributed by atoms with Crippen LogP contribution in [-0.2, 0) is 0 Å². The van der Waals surface area contributed by atoms with Crippen molar-refractivity contribution in [3.63, 3.8) is 0 Å². The van der Waals surface area contributed by atoms with Crippen LogP contribution >= 0.6 is 0 Å². The second-order valence-electron chi connectivity index (χ2n) is 3.13. The number of amides is 1. The minimum absolute atomic E-state index is 0.0918. The summed E-state index contributed by atoms with van der Waals surface area (Å²) in [6, 6.07) is 7.24. The second-order valence-corrected chi connectivity index (χ2v) is 3.13. The summed E-state index contributed by atoms with van der Waals surface area (Å²) in [5, 5.41) is 0. The molecule has 0 aliphatic carbocycles. The van der Waals surface area contributed by atoms with Crippen molar-refractivity contribution in [2.45, 2.75) is 0 Å². The lowest BCUT2D eigenvalue weighted by Crippen LogP contribution is -2.10. The number of benzene rings is 1. The normalized spacial score (nSPS) is 10.1. The molecule has 0 atom stereocenters. The lowest BCUT2D eigenvalue weighted by molar-refractivity contribution is 0.0967. The SMILES string of the molecule is COc1ccc(-c2coc(C(N)=O)n2)cc1. The number of carbonyl (C=O) groups excluding carboxylic acids is 1. The average Bonchev–Trinajstić information content (AvgIpc) is 2.78. The van der Waals surface area contributed by atoms with E-state index in [0.717, 1.165) is 11.3 Å². The van der Waals surface area contributed by atoms with Crippen LogP contribution < -0.4 is 10.5 Å². The van der Waals surface area contributed by atoms with Gasteiger partial charge in [0.2, 0.25) is 0 Å². The molecule has 5 nitrogen and oxygen atoms in total. The van der Waals surface area contributed by atoms with Crippen LogP contribution in [0.4, 0.5) is 0 Å². The Bertz CT molecular complexity index is 502. The molecule has 1 heterocycles. The first-order chi connectivity index (χ1) is 7.70. The van der Waals surface area contributed by atoms with Gasteiger partial charge in [0.15, 0.2) is 0 Å². The highest BCUT2D eigenvalue weighted by atomic mass is 16.5. The molecule has 2 aromatic rings. The van der Waals surface area contributed by atoms with Crippen molar-refractivity contribution < 1.29 is 13.9 Å². The molecule has 0 saturated heterocycles. The first-order valence-corrected chi connectivity index (χ1v) is 4.60. The summed E-state index contributed by atoms with van der Waals surface area (Å²) in [5.41, 5.74) is 6.43. The zero-order valence-corrected chi connectivity index (χ0v) is 8.64. The molecule has 16 heavy (non-hydrogen) atoms. The third kappa shape index (κ3) is 1.88. The van der Waals surface area contributed by atoms with Crippen molar-refractivity contribution in [1.82, 2.24) is 4.98 Å². The molecular weight excluding hydrogens is 208 g/mol. The number of aromatic nitrogens is 1. The van der Waals surface area contributed by atoms with Gasteiger partial charge in [-0.05, 0) is 24.3 Å². The predicted octanol–water partition coefficient (Wildman–Crippen LogP) is 1.45. The van der Waals surface area contributed by atoms with Gasteiger partial charge in [0, 0.05) is 5.56 Å². The van der Waals surface area contributed by atoms with E-state index < -0.39 is 5.91 Å². The Morgan fingerprint density at radius 2 is 2.06 bits per heavy atom. The zero-order chi connectivity index (χ0) is 11.5. The molecule has 0 radical (unpaired) electrons. The maximum absolute atomic E-state index is 10.8. The first kappa shape index (κ1) is 10.2. The molecule has 0 spiro atoms. The van der Waals surface area contributed by atoms with Crippen LogP contribution in [0.1, 0.15) is 10.7 Å². The van der Waals surface area contributed by atoms with Crippen molar-refractivity contribution in [3.8, 4) is 17.0 Å². The third-order valence-corrected chi connectivity index (χ3v) is 2.10. The standard InChI is InChI=1S/C11H10N2O3/c1-15-8-4-2-7(3-5-8)9-6-16-11(13-9)10(12)14/h2-6H,1H3,(H2,12,14). The van der Waals surface area contributed by atoms with Crippen LogP contribution in [0.3, 0.4) is 0 Å². The Kier molecular flexibility index (Phi) is 2.59. The minimum Gasteiger partial charge on any atom is -0.497 e. The van der Waals surface area contributed by atoms with Crippen molar-refractivity contribution in [3.05, 3.63) is 36.4 Å². The van der Waals surface area contributed by atoms with Gasteiger partial charge in [-0.15, -0.1) is 0 Å². The molecule has 0 saturated carbocycles. The number of nitrogens with zero attached hydrogens (tertiary/aromatic N) is 1. The van der Waals surface area contributed by atoms with E-state index in [4.69, 9.17) is 14.9 Å². The largest absolute Gasteiger partial charge is 0.497 e. The van der Waals surface area contributed by atoms with E-state index in [1.807, 2.05) is 12.1 Å². The molecule has 1 aromatic heterocycles. The van der Waals surface area contributed by atoms with Crippen molar-refractivity contribution in [2.24, 2.45) is 5.73 Å². The number of methoxy groups -OCH3 is 1. The fraction of sp³-hybridized carbons (Fsp3) is 0.0909. The Morgan fingerprint density at radius 1 is 1.38 bits per heavy atom. The highest BCUT2D eigenvalue weighted by molar-refractivity contribution is 5.88. The Labute approximate surface area is 91.8 Å². The fourth-order valence-corrected chi connectivity index (χ4v) is 1.28. The number of hydrogen-bond donors (Lipinski definition) is 1. The van der Waals surface area contributed by atoms with Gasteiger partial charge >= 0.3 is 5.91 Å². The number of oxazole rings is 1. The van der Waals surface area contributed by atoms with Crippen LogP contribution in [0.15, 0.2) is 34.9 Å². The van der Waals surface area contributed by atoms with E-state index in [2.05, 4.69) is 4.98 Å². The van der Waals surface area contributed by atoms with E-state index in [1.54, 1.807) is 19.2 Å². The molecule has 0 bridgehead atoms. The van der Waals surface area contributed by atoms with Gasteiger partial charge in [-0.25, -0.2) is 4.98 Å². The first-order valence-electron chi connectivity index (χ1n) is 4.60. The Hall–Kier alpha value is -2.30. The van der Waals surface area contributed by atoms with Crippen LogP contribution in [0, 0.1) is 0 Å². The third-order valence-electron chi connectivity index (χ3n) is 2.10. The summed E-state index contributed by atoms with van der Waals surface area (Å²) in [7, 11) is 1.59. The molecule has 0 aliphatic heterocycles. The summed E-state index contributed by atoms with van der Waals surface area (Å²) in [5.74, 6) is -0.0204. The summed E-state index contributed by atoms with van der Waals surface area (Å²) in [6.07, 6.45) is 1.39. The maximum Gasteiger partial charge on any atom is 0.304 e. The number of ether oxygens (including phenoxy) is 1. The molecule has 1 aromatic carbocycles. The minimum atomic E-state index is -0.681. The maximum atomic E-state index is 10.8. The van der Waals surface area contributed by atoms with E-state index in [9.17, 15) is 4.79 Å². The van der Waals surface area contributed by atoms with Gasteiger partial charge in [0.05, 0.1) is 7.11 Å². The number of carbonyl (C=O) groups is 1. The van der Waals surface area contributed by atoms with Gasteiger partial charge in [-0.1, -0.05) is 0 Å². The highest BCUT2D eigenvalue weighted by Crippen LogP contribution is 2.21. The van der Waals surface area contributed by atoms with Crippen molar-refractivity contribution in [1.29, 1.82) is 0 Å². The molecule has 0 aliphatic rings. The fourth-order valence-electron chi connectivity index (χ4n) is 1.28. The van der Waals surface area contributed by atoms with Gasteiger partial charge < -0.3 is 14.9 Å². The van der Waals surface area contributed by atoms with Gasteiger partial charge in [-0.3, -0.25) is 4.79 Å². The van der Waals surface area contributed by atoms with Crippen LogP contribution in [0.5, 0.6) is 5.75 Å². The molecule has 1 amide bonds. The lowest BCUT2D eigenvalue weighted by atomic mass is 10.2. The number of hydrogen-bond acceptors (Lipinski definition) is 4. The highest BCUT2D eigenvalue weighted by Gasteiger charge is 2.10. The summed E-state index contributed by atoms with van der Waals surface area (Å²) in [4.78, 5) is 14.7. The number of primary amides is 1. The van der Waals surface area contributed by atoms with Crippen molar-refractivity contribution in [2.75, 3.05) is 7.11 Å². The average molecular weight is 218 g/mol. The van der Waals surface area contributed by atoms with E-state index in [0.29, 0.717) is 5.69 Å². The van der Waals surface area contributed by atoms with Crippen LogP contribution in [0.25, 0.3) is 11.3 Å². The summed E-state index contributed by atoms with van der Waals surface area (Å²) >= 11 is 0. The zero-order valence-electron chi connectivity index (χ0n) is 8.64.